The van der Waals surface area contributed by atoms with Crippen LogP contribution in [0.1, 0.15) is 93.4 Å². The van der Waals surface area contributed by atoms with Crippen molar-refractivity contribution in [3.8, 4) is 6.07 Å². The third-order valence-electron chi connectivity index (χ3n) is 12.6. The molecule has 0 heterocycles. The molecule has 0 aromatic carbocycles. The molecule has 0 bridgehead atoms. The lowest BCUT2D eigenvalue weighted by molar-refractivity contribution is -0.160. The van der Waals surface area contributed by atoms with Gasteiger partial charge in [-0.2, -0.15) is 5.26 Å². The average molecular weight is 534 g/mol. The van der Waals surface area contributed by atoms with Gasteiger partial charge in [0, 0.05) is 36.4 Å². The molecule has 5 rings (SSSR count). The van der Waals surface area contributed by atoms with Crippen LogP contribution in [0.5, 0.6) is 0 Å². The lowest BCUT2D eigenvalue weighted by Gasteiger charge is -2.69. The number of carbonyl (C=O) groups is 3. The molecule has 5 aliphatic carbocycles. The number of fused-ring (bicyclic) bond motifs is 7. The first-order valence-electron chi connectivity index (χ1n) is 14.8. The Labute approximate surface area is 234 Å². The molecule has 0 aromatic rings. The van der Waals surface area contributed by atoms with E-state index < -0.39 is 10.8 Å². The maximum Gasteiger partial charge on any atom is 0.317 e. The van der Waals surface area contributed by atoms with Crippen LogP contribution in [-0.4, -0.2) is 42.1 Å². The van der Waals surface area contributed by atoms with E-state index in [-0.39, 0.29) is 62.7 Å². The van der Waals surface area contributed by atoms with Crippen molar-refractivity contribution in [2.75, 3.05) is 14.1 Å². The first-order valence-corrected chi connectivity index (χ1v) is 14.8. The fourth-order valence-corrected chi connectivity index (χ4v) is 10.2. The summed E-state index contributed by atoms with van der Waals surface area (Å²) in [7, 11) is 3.56. The second-order valence-corrected chi connectivity index (χ2v) is 15.7. The number of allylic oxidation sites excluding steroid dienone is 4. The van der Waals surface area contributed by atoms with Crippen molar-refractivity contribution in [1.82, 2.24) is 10.2 Å². The van der Waals surface area contributed by atoms with Crippen molar-refractivity contribution in [2.24, 2.45) is 44.8 Å². The van der Waals surface area contributed by atoms with Crippen LogP contribution in [0.15, 0.2) is 23.3 Å². The second kappa shape index (κ2) is 8.30. The molecule has 0 spiro atoms. The zero-order chi connectivity index (χ0) is 29.0. The number of ketones is 2. The number of rotatable bonds is 1. The van der Waals surface area contributed by atoms with Gasteiger partial charge in [0.25, 0.3) is 0 Å². The van der Waals surface area contributed by atoms with Crippen molar-refractivity contribution in [2.45, 2.75) is 99.0 Å². The molecule has 1 N–H and O–H groups in total. The van der Waals surface area contributed by atoms with Crippen molar-refractivity contribution < 1.29 is 14.4 Å². The molecule has 3 saturated carbocycles. The van der Waals surface area contributed by atoms with Gasteiger partial charge < -0.3 is 10.2 Å². The molecule has 7 atom stereocenters. The van der Waals surface area contributed by atoms with Gasteiger partial charge in [0.1, 0.15) is 6.07 Å². The summed E-state index contributed by atoms with van der Waals surface area (Å²) in [5.41, 5.74) is -0.658. The van der Waals surface area contributed by atoms with Crippen molar-refractivity contribution in [1.29, 1.82) is 5.26 Å². The molecule has 0 aliphatic heterocycles. The minimum atomic E-state index is -0.664. The molecule has 7 unspecified atom stereocenters. The van der Waals surface area contributed by atoms with Crippen LogP contribution in [0.25, 0.3) is 0 Å². The van der Waals surface area contributed by atoms with Crippen LogP contribution in [-0.2, 0) is 9.59 Å². The van der Waals surface area contributed by atoms with E-state index >= 15 is 0 Å². The van der Waals surface area contributed by atoms with E-state index in [1.54, 1.807) is 19.0 Å². The Morgan fingerprint density at radius 1 is 1.00 bits per heavy atom. The van der Waals surface area contributed by atoms with E-state index in [0.717, 1.165) is 50.5 Å². The van der Waals surface area contributed by atoms with Gasteiger partial charge in [0.2, 0.25) is 0 Å². The van der Waals surface area contributed by atoms with Crippen LogP contribution in [0.2, 0.25) is 0 Å². The molecule has 0 aromatic heterocycles. The molecular formula is C33H47N3O3. The Balaban J connectivity index is 1.67. The third-order valence-corrected chi connectivity index (χ3v) is 12.6. The summed E-state index contributed by atoms with van der Waals surface area (Å²) < 4.78 is 0. The first-order chi connectivity index (χ1) is 17.9. The zero-order valence-corrected chi connectivity index (χ0v) is 25.5. The lowest BCUT2D eigenvalue weighted by Crippen LogP contribution is -2.70. The van der Waals surface area contributed by atoms with Crippen LogP contribution in [0.4, 0.5) is 4.79 Å². The number of Topliss-reactive ketones (excluding diaryl/α,β-unsaturated/α-hetero) is 1. The molecule has 212 valence electrons. The summed E-state index contributed by atoms with van der Waals surface area (Å²) in [6, 6.07) is 2.11. The van der Waals surface area contributed by atoms with Crippen molar-refractivity contribution >= 4 is 17.6 Å². The summed E-state index contributed by atoms with van der Waals surface area (Å²) in [6.07, 6.45) is 10.2. The lowest BCUT2D eigenvalue weighted by atomic mass is 9.35. The Morgan fingerprint density at radius 3 is 2.26 bits per heavy atom. The van der Waals surface area contributed by atoms with Gasteiger partial charge >= 0.3 is 6.03 Å². The van der Waals surface area contributed by atoms with Gasteiger partial charge in [-0.15, -0.1) is 0 Å². The van der Waals surface area contributed by atoms with Crippen LogP contribution in [0, 0.1) is 56.2 Å². The smallest absolute Gasteiger partial charge is 0.317 e. The highest BCUT2D eigenvalue weighted by atomic mass is 16.2. The predicted octanol–water partition coefficient (Wildman–Crippen LogP) is 6.23. The standard InChI is InChI=1S/C33H47N3O3/c1-28(2)12-14-33(35-27(39)36(8)9)15-13-32(7)25(21(33)18-28)22(37)16-24-30(5)17-20(19-34)26(38)29(3,4)23(30)10-11-31(24,32)6/h16-17,21,23,25H,10-15,18H2,1-9H3,(H,35,39). The summed E-state index contributed by atoms with van der Waals surface area (Å²) in [6.45, 7) is 15.4. The fourth-order valence-electron chi connectivity index (χ4n) is 10.2. The largest absolute Gasteiger partial charge is 0.332 e. The molecule has 5 aliphatic rings. The molecule has 6 nitrogen and oxygen atoms in total. The molecule has 3 fully saturated rings. The zero-order valence-electron chi connectivity index (χ0n) is 25.5. The van der Waals surface area contributed by atoms with Crippen LogP contribution < -0.4 is 5.32 Å². The van der Waals surface area contributed by atoms with E-state index in [9.17, 15) is 19.6 Å². The quantitative estimate of drug-likeness (QED) is 0.433. The van der Waals surface area contributed by atoms with E-state index in [1.807, 2.05) is 26.0 Å². The molecule has 0 radical (unpaired) electrons. The number of hydrogen-bond donors (Lipinski definition) is 1. The van der Waals surface area contributed by atoms with Gasteiger partial charge in [-0.25, -0.2) is 4.79 Å². The fraction of sp³-hybridized carbons (Fsp3) is 0.758. The van der Waals surface area contributed by atoms with E-state index in [2.05, 4.69) is 46.0 Å². The van der Waals surface area contributed by atoms with Gasteiger partial charge in [0.15, 0.2) is 11.6 Å². The number of amides is 2. The molecule has 39 heavy (non-hydrogen) atoms. The highest BCUT2D eigenvalue weighted by Gasteiger charge is 2.70. The van der Waals surface area contributed by atoms with E-state index in [1.165, 1.54) is 0 Å². The van der Waals surface area contributed by atoms with Crippen LogP contribution >= 0.6 is 0 Å². The summed E-state index contributed by atoms with van der Waals surface area (Å²) in [5.74, 6) is 0.00860. The number of hydrogen-bond acceptors (Lipinski definition) is 4. The van der Waals surface area contributed by atoms with Crippen LogP contribution in [0.3, 0.4) is 0 Å². The van der Waals surface area contributed by atoms with Gasteiger partial charge in [-0.1, -0.05) is 60.1 Å². The van der Waals surface area contributed by atoms with Crippen molar-refractivity contribution in [3.63, 3.8) is 0 Å². The second-order valence-electron chi connectivity index (χ2n) is 15.7. The minimum Gasteiger partial charge on any atom is -0.332 e. The Kier molecular flexibility index (Phi) is 5.99. The highest BCUT2D eigenvalue weighted by Crippen LogP contribution is 2.73. The minimum absolute atomic E-state index is 0.0394. The molecular weight excluding hydrogens is 486 g/mol. The number of nitrogens with zero attached hydrogens (tertiary/aromatic N) is 2. The molecule has 2 amide bonds. The van der Waals surface area contributed by atoms with Gasteiger partial charge in [-0.3, -0.25) is 9.59 Å². The number of carbonyl (C=O) groups excluding carboxylic acids is 3. The monoisotopic (exact) mass is 533 g/mol. The van der Waals surface area contributed by atoms with Gasteiger partial charge in [0.05, 0.1) is 5.57 Å². The molecule has 6 heteroatoms. The third kappa shape index (κ3) is 3.60. The van der Waals surface area contributed by atoms with Gasteiger partial charge in [-0.05, 0) is 79.1 Å². The van der Waals surface area contributed by atoms with E-state index in [0.29, 0.717) is 0 Å². The number of nitriles is 1. The summed E-state index contributed by atoms with van der Waals surface area (Å²) >= 11 is 0. The normalized spacial score (nSPS) is 43.8. The predicted molar refractivity (Wildman–Crippen MR) is 151 cm³/mol. The maximum absolute atomic E-state index is 14.5. The number of urea groups is 1. The highest BCUT2D eigenvalue weighted by molar-refractivity contribution is 6.04. The summed E-state index contributed by atoms with van der Waals surface area (Å²) in [5, 5.41) is 13.3. The first kappa shape index (κ1) is 28.1. The topological polar surface area (TPSA) is 90.3 Å². The Bertz CT molecular complexity index is 1250. The summed E-state index contributed by atoms with van der Waals surface area (Å²) in [4.78, 5) is 42.4. The molecule has 0 saturated heterocycles. The van der Waals surface area contributed by atoms with E-state index in [4.69, 9.17) is 0 Å². The maximum atomic E-state index is 14.5. The SMILES string of the molecule is CN(C)C(=O)NC12CCC(C)(C)CC1C1C(=O)C=C3C4(C)C=C(C#N)C(=O)C(C)(C)C4CCC3(C)C1(C)CC2. The number of nitrogens with one attached hydrogen (secondary N) is 1. The Hall–Kier alpha value is -2.42. The average Bonchev–Trinajstić information content (AvgIpc) is 2.83. The van der Waals surface area contributed by atoms with Crippen molar-refractivity contribution in [3.05, 3.63) is 23.3 Å². The Morgan fingerprint density at radius 2 is 1.64 bits per heavy atom.